The molecule has 4 heteroatoms. The molecule has 2 rings (SSSR count). The smallest absolute Gasteiger partial charge is 0.207 e. The summed E-state index contributed by atoms with van der Waals surface area (Å²) in [7, 11) is 1.48. The Kier molecular flexibility index (Phi) is 4.76. The number of para-hydroxylation sites is 1. The van der Waals surface area contributed by atoms with Crippen molar-refractivity contribution in [3.05, 3.63) is 70.3 Å². The van der Waals surface area contributed by atoms with Crippen molar-refractivity contribution >= 4 is 23.5 Å². The van der Waals surface area contributed by atoms with Gasteiger partial charge in [0.15, 0.2) is 0 Å². The molecule has 0 atom stereocenters. The molecule has 3 nitrogen and oxygen atoms in total. The topological polar surface area (TPSA) is 50.1 Å². The molecule has 0 N–H and O–H groups in total. The average Bonchev–Trinajstić information content (AvgIpc) is 2.52. The molecule has 0 aliphatic rings. The molecule has 0 unspecified atom stereocenters. The fourth-order valence-electron chi connectivity index (χ4n) is 1.89. The molecule has 0 fully saturated rings. The lowest BCUT2D eigenvalue weighted by Gasteiger charge is -2.06. The van der Waals surface area contributed by atoms with Crippen LogP contribution < -0.4 is 4.74 Å². The Morgan fingerprint density at radius 3 is 2.67 bits per heavy atom. The molecule has 0 saturated carbocycles. The van der Waals surface area contributed by atoms with Gasteiger partial charge in [0.05, 0.1) is 12.7 Å². The van der Waals surface area contributed by atoms with Crippen LogP contribution in [-0.2, 0) is 0 Å². The van der Waals surface area contributed by atoms with Crippen LogP contribution in [0.15, 0.2) is 54.1 Å². The van der Waals surface area contributed by atoms with E-state index in [1.165, 1.54) is 13.2 Å². The quantitative estimate of drug-likeness (QED) is 0.484. The van der Waals surface area contributed by atoms with Gasteiger partial charge in [-0.3, -0.25) is 4.79 Å². The van der Waals surface area contributed by atoms with Gasteiger partial charge in [-0.15, -0.1) is 0 Å². The minimum Gasteiger partial charge on any atom is -0.496 e. The summed E-state index contributed by atoms with van der Waals surface area (Å²) >= 11 is 5.90. The predicted octanol–water partition coefficient (Wildman–Crippen LogP) is 4.14. The molecule has 0 amide bonds. The van der Waals surface area contributed by atoms with Gasteiger partial charge in [0.1, 0.15) is 17.4 Å². The van der Waals surface area contributed by atoms with Gasteiger partial charge >= 0.3 is 0 Å². The van der Waals surface area contributed by atoms with Crippen molar-refractivity contribution in [3.63, 3.8) is 0 Å². The number of rotatable bonds is 4. The number of allylic oxidation sites excluding steroid dienone is 1. The number of nitriles is 1. The largest absolute Gasteiger partial charge is 0.496 e. The third kappa shape index (κ3) is 3.50. The number of methoxy groups -OCH3 is 1. The number of halogens is 1. The van der Waals surface area contributed by atoms with E-state index in [-0.39, 0.29) is 11.4 Å². The summed E-state index contributed by atoms with van der Waals surface area (Å²) in [5.74, 6) is 0.0599. The maximum absolute atomic E-state index is 12.4. The van der Waals surface area contributed by atoms with E-state index in [0.717, 1.165) is 0 Å². The third-order valence-corrected chi connectivity index (χ3v) is 3.11. The summed E-state index contributed by atoms with van der Waals surface area (Å²) < 4.78 is 5.15. The second kappa shape index (κ2) is 6.74. The molecular formula is C17H12ClNO2. The highest BCUT2D eigenvalue weighted by molar-refractivity contribution is 6.30. The first-order chi connectivity index (χ1) is 10.2. The number of nitrogens with zero attached hydrogens (tertiary/aromatic N) is 1. The fraction of sp³-hybridized carbons (Fsp3) is 0.0588. The molecule has 0 saturated heterocycles. The molecule has 0 aliphatic carbocycles. The molecule has 0 aromatic heterocycles. The second-order valence-electron chi connectivity index (χ2n) is 4.25. The summed E-state index contributed by atoms with van der Waals surface area (Å²) in [5.41, 5.74) is 1.08. The van der Waals surface area contributed by atoms with Gasteiger partial charge in [-0.25, -0.2) is 0 Å². The van der Waals surface area contributed by atoms with Gasteiger partial charge in [0.2, 0.25) is 5.78 Å². The van der Waals surface area contributed by atoms with Gasteiger partial charge in [0.25, 0.3) is 0 Å². The van der Waals surface area contributed by atoms with Crippen LogP contribution in [0.25, 0.3) is 6.08 Å². The van der Waals surface area contributed by atoms with E-state index in [2.05, 4.69) is 0 Å². The molecule has 2 aromatic carbocycles. The van der Waals surface area contributed by atoms with E-state index in [1.807, 2.05) is 6.07 Å². The van der Waals surface area contributed by atoms with E-state index in [4.69, 9.17) is 16.3 Å². The van der Waals surface area contributed by atoms with Crippen molar-refractivity contribution in [2.75, 3.05) is 7.11 Å². The Morgan fingerprint density at radius 2 is 2.00 bits per heavy atom. The van der Waals surface area contributed by atoms with Crippen molar-refractivity contribution < 1.29 is 9.53 Å². The highest BCUT2D eigenvalue weighted by Gasteiger charge is 2.16. The van der Waals surface area contributed by atoms with Gasteiger partial charge in [-0.1, -0.05) is 35.9 Å². The SMILES string of the molecule is COc1ccccc1C(=O)/C(C#N)=C/c1cccc(Cl)c1. The molecule has 21 heavy (non-hydrogen) atoms. The molecule has 2 aromatic rings. The number of Topliss-reactive ketones (excluding diaryl/α,β-unsaturated/α-hetero) is 1. The second-order valence-corrected chi connectivity index (χ2v) is 4.69. The predicted molar refractivity (Wildman–Crippen MR) is 82.4 cm³/mol. The number of hydrogen-bond donors (Lipinski definition) is 0. The zero-order valence-corrected chi connectivity index (χ0v) is 12.1. The summed E-state index contributed by atoms with van der Waals surface area (Å²) in [6, 6.07) is 15.7. The van der Waals surface area contributed by atoms with Gasteiger partial charge in [-0.2, -0.15) is 5.26 Å². The Balaban J connectivity index is 2.42. The van der Waals surface area contributed by atoms with E-state index >= 15 is 0 Å². The third-order valence-electron chi connectivity index (χ3n) is 2.88. The maximum atomic E-state index is 12.4. The van der Waals surface area contributed by atoms with Crippen molar-refractivity contribution in [1.29, 1.82) is 5.26 Å². The average molecular weight is 298 g/mol. The number of hydrogen-bond acceptors (Lipinski definition) is 3. The minimum absolute atomic E-state index is 0.0294. The first-order valence-corrected chi connectivity index (χ1v) is 6.58. The number of ketones is 1. The summed E-state index contributed by atoms with van der Waals surface area (Å²) in [5, 5.41) is 9.79. The van der Waals surface area contributed by atoms with Crippen molar-refractivity contribution in [3.8, 4) is 11.8 Å². The standard InChI is InChI=1S/C17H12ClNO2/c1-21-16-8-3-2-7-15(16)17(20)13(11-19)9-12-5-4-6-14(18)10-12/h2-10H,1H3/b13-9+. The fourth-order valence-corrected chi connectivity index (χ4v) is 2.09. The molecule has 0 heterocycles. The van der Waals surface area contributed by atoms with Gasteiger partial charge in [0, 0.05) is 5.02 Å². The van der Waals surface area contributed by atoms with Gasteiger partial charge < -0.3 is 4.74 Å². The van der Waals surface area contributed by atoms with Crippen LogP contribution in [0, 0.1) is 11.3 Å². The van der Waals surface area contributed by atoms with Crippen LogP contribution in [0.5, 0.6) is 5.75 Å². The van der Waals surface area contributed by atoms with Crippen LogP contribution in [0.2, 0.25) is 5.02 Å². The number of carbonyl (C=O) groups excluding carboxylic acids is 1. The molecule has 0 radical (unpaired) electrons. The van der Waals surface area contributed by atoms with Crippen LogP contribution in [0.4, 0.5) is 0 Å². The zero-order valence-electron chi connectivity index (χ0n) is 11.3. The Bertz CT molecular complexity index is 744. The lowest BCUT2D eigenvalue weighted by Crippen LogP contribution is -2.04. The summed E-state index contributed by atoms with van der Waals surface area (Å²) in [6.07, 6.45) is 1.51. The van der Waals surface area contributed by atoms with Gasteiger partial charge in [-0.05, 0) is 35.9 Å². The number of benzene rings is 2. The lowest BCUT2D eigenvalue weighted by atomic mass is 10.0. The first-order valence-electron chi connectivity index (χ1n) is 6.21. The summed E-state index contributed by atoms with van der Waals surface area (Å²) in [4.78, 5) is 12.4. The van der Waals surface area contributed by atoms with Crippen molar-refractivity contribution in [2.24, 2.45) is 0 Å². The van der Waals surface area contributed by atoms with Crippen molar-refractivity contribution in [1.82, 2.24) is 0 Å². The molecule has 0 aliphatic heterocycles. The van der Waals surface area contributed by atoms with Crippen molar-refractivity contribution in [2.45, 2.75) is 0 Å². The van der Waals surface area contributed by atoms with E-state index < -0.39 is 0 Å². The molecular weight excluding hydrogens is 286 g/mol. The normalized spacial score (nSPS) is 10.8. The highest BCUT2D eigenvalue weighted by Crippen LogP contribution is 2.22. The minimum atomic E-state index is -0.380. The van der Waals surface area contributed by atoms with E-state index in [0.29, 0.717) is 21.9 Å². The zero-order chi connectivity index (χ0) is 15.2. The molecule has 104 valence electrons. The lowest BCUT2D eigenvalue weighted by molar-refractivity contribution is 0.103. The summed E-state index contributed by atoms with van der Waals surface area (Å²) in [6.45, 7) is 0. The Hall–Kier alpha value is -2.57. The van der Waals surface area contributed by atoms with Crippen LogP contribution in [0.3, 0.4) is 0 Å². The van der Waals surface area contributed by atoms with E-state index in [1.54, 1.807) is 48.5 Å². The monoisotopic (exact) mass is 297 g/mol. The Labute approximate surface area is 128 Å². The van der Waals surface area contributed by atoms with Crippen LogP contribution in [-0.4, -0.2) is 12.9 Å². The van der Waals surface area contributed by atoms with Crippen LogP contribution >= 0.6 is 11.6 Å². The number of carbonyl (C=O) groups is 1. The molecule has 0 bridgehead atoms. The Morgan fingerprint density at radius 1 is 1.24 bits per heavy atom. The number of ether oxygens (including phenoxy) is 1. The van der Waals surface area contributed by atoms with Crippen LogP contribution in [0.1, 0.15) is 15.9 Å². The molecule has 0 spiro atoms. The first kappa shape index (κ1) is 14.8. The van der Waals surface area contributed by atoms with E-state index in [9.17, 15) is 10.1 Å². The highest BCUT2D eigenvalue weighted by atomic mass is 35.5. The maximum Gasteiger partial charge on any atom is 0.207 e.